The number of ether oxygens (including phenoxy) is 1. The number of benzene rings is 2. The van der Waals surface area contributed by atoms with Crippen LogP contribution in [-0.4, -0.2) is 53.9 Å². The minimum absolute atomic E-state index is 0.0505. The van der Waals surface area contributed by atoms with Gasteiger partial charge in [0.15, 0.2) is 5.17 Å². The maximum Gasteiger partial charge on any atom is 0.237 e. The first-order valence-corrected chi connectivity index (χ1v) is 11.5. The van der Waals surface area contributed by atoms with Crippen molar-refractivity contribution in [3.63, 3.8) is 0 Å². The summed E-state index contributed by atoms with van der Waals surface area (Å²) in [4.78, 5) is 19.9. The molecule has 7 nitrogen and oxygen atoms in total. The van der Waals surface area contributed by atoms with Crippen LogP contribution >= 0.6 is 11.8 Å². The molecule has 0 radical (unpaired) electrons. The van der Waals surface area contributed by atoms with Crippen molar-refractivity contribution >= 4 is 46.1 Å². The Morgan fingerprint density at radius 2 is 1.94 bits per heavy atom. The molecule has 8 heteroatoms. The average Bonchev–Trinajstić information content (AvgIpc) is 3.31. The van der Waals surface area contributed by atoms with E-state index in [9.17, 15) is 4.79 Å². The third-order valence-electron chi connectivity index (χ3n) is 5.70. The van der Waals surface area contributed by atoms with Crippen molar-refractivity contribution in [3.8, 4) is 0 Å². The summed E-state index contributed by atoms with van der Waals surface area (Å²) >= 11 is 1.44. The summed E-state index contributed by atoms with van der Waals surface area (Å²) in [6.45, 7) is 5.20. The van der Waals surface area contributed by atoms with E-state index in [1.54, 1.807) is 0 Å². The van der Waals surface area contributed by atoms with Gasteiger partial charge in [0.05, 0.1) is 30.2 Å². The highest BCUT2D eigenvalue weighted by atomic mass is 32.2. The third kappa shape index (κ3) is 4.18. The number of fused-ring (bicyclic) bond motifs is 3. The highest BCUT2D eigenvalue weighted by Crippen LogP contribution is 2.41. The van der Waals surface area contributed by atoms with E-state index in [0.717, 1.165) is 55.0 Å². The molecule has 1 amide bonds. The second-order valence-electron chi connectivity index (χ2n) is 7.74. The molecule has 160 valence electrons. The SMILES string of the molecule is C[C@H](SC1=Nc2ccccc2[C@@H]2CC=NN12)C(=O)Nc1ccc(N2CCOCC2)cc1. The largest absolute Gasteiger partial charge is 0.378 e. The number of rotatable bonds is 4. The van der Waals surface area contributed by atoms with Gasteiger partial charge in [-0.2, -0.15) is 5.10 Å². The molecule has 0 unspecified atom stereocenters. The van der Waals surface area contributed by atoms with Crippen LogP contribution in [0.1, 0.15) is 24.9 Å². The van der Waals surface area contributed by atoms with Crippen molar-refractivity contribution in [1.29, 1.82) is 0 Å². The number of hydrogen-bond donors (Lipinski definition) is 1. The first kappa shape index (κ1) is 20.1. The molecule has 0 bridgehead atoms. The first-order valence-electron chi connectivity index (χ1n) is 10.6. The molecule has 3 aliphatic rings. The fourth-order valence-corrected chi connectivity index (χ4v) is 4.91. The molecule has 1 N–H and O–H groups in total. The van der Waals surface area contributed by atoms with Gasteiger partial charge in [0.2, 0.25) is 5.91 Å². The van der Waals surface area contributed by atoms with Gasteiger partial charge in [-0.05, 0) is 37.3 Å². The van der Waals surface area contributed by atoms with Gasteiger partial charge < -0.3 is 15.0 Å². The van der Waals surface area contributed by atoms with E-state index in [0.29, 0.717) is 0 Å². The van der Waals surface area contributed by atoms with E-state index in [2.05, 4.69) is 21.4 Å². The minimum Gasteiger partial charge on any atom is -0.378 e. The van der Waals surface area contributed by atoms with E-state index in [1.165, 1.54) is 17.3 Å². The van der Waals surface area contributed by atoms with Crippen LogP contribution in [0.25, 0.3) is 0 Å². The van der Waals surface area contributed by atoms with Crippen molar-refractivity contribution in [2.24, 2.45) is 10.1 Å². The molecule has 2 aromatic carbocycles. The van der Waals surface area contributed by atoms with Gasteiger partial charge in [-0.3, -0.25) is 4.79 Å². The zero-order valence-corrected chi connectivity index (χ0v) is 18.2. The van der Waals surface area contributed by atoms with Gasteiger partial charge in [-0.25, -0.2) is 10.0 Å². The van der Waals surface area contributed by atoms with Gasteiger partial charge >= 0.3 is 0 Å². The number of nitrogens with zero attached hydrogens (tertiary/aromatic N) is 4. The molecule has 1 fully saturated rings. The predicted molar refractivity (Wildman–Crippen MR) is 126 cm³/mol. The van der Waals surface area contributed by atoms with Gasteiger partial charge in [-0.15, -0.1) is 0 Å². The number of morpholine rings is 1. The van der Waals surface area contributed by atoms with Crippen molar-refractivity contribution in [2.75, 3.05) is 36.5 Å². The van der Waals surface area contributed by atoms with Gasteiger partial charge in [0.1, 0.15) is 0 Å². The molecule has 2 aromatic rings. The standard InChI is InChI=1S/C23H25N5O2S/c1-16(22(29)25-17-6-8-18(9-7-17)27-12-14-30-15-13-27)31-23-26-20-5-3-2-4-19(20)21-10-11-24-28(21)23/h2-9,11,16,21H,10,12-15H2,1H3,(H,25,29)/t16-,21-/m0/s1. The lowest BCUT2D eigenvalue weighted by Crippen LogP contribution is -2.36. The quantitative estimate of drug-likeness (QED) is 0.786. The molecule has 0 aromatic heterocycles. The number of aliphatic imine (C=N–C) groups is 1. The van der Waals surface area contributed by atoms with Crippen molar-refractivity contribution in [2.45, 2.75) is 24.6 Å². The van der Waals surface area contributed by atoms with Crippen LogP contribution < -0.4 is 10.2 Å². The lowest BCUT2D eigenvalue weighted by atomic mass is 10.0. The van der Waals surface area contributed by atoms with Crippen molar-refractivity contribution < 1.29 is 9.53 Å². The van der Waals surface area contributed by atoms with Crippen LogP contribution in [0, 0.1) is 0 Å². The fraction of sp³-hybridized carbons (Fsp3) is 0.348. The van der Waals surface area contributed by atoms with E-state index < -0.39 is 0 Å². The van der Waals surface area contributed by atoms with Crippen LogP contribution in [-0.2, 0) is 9.53 Å². The summed E-state index contributed by atoms with van der Waals surface area (Å²) in [5.74, 6) is -0.0505. The Hall–Kier alpha value is -2.84. The number of carbonyl (C=O) groups excluding carboxylic acids is 1. The van der Waals surface area contributed by atoms with Crippen LogP contribution in [0.3, 0.4) is 0 Å². The molecule has 1 saturated heterocycles. The summed E-state index contributed by atoms with van der Waals surface area (Å²) in [6.07, 6.45) is 2.77. The van der Waals surface area contributed by atoms with E-state index >= 15 is 0 Å². The number of thioether (sulfide) groups is 1. The van der Waals surface area contributed by atoms with Crippen LogP contribution in [0.4, 0.5) is 17.1 Å². The lowest BCUT2D eigenvalue weighted by molar-refractivity contribution is -0.115. The number of amidine groups is 1. The second kappa shape index (κ2) is 8.72. The highest BCUT2D eigenvalue weighted by Gasteiger charge is 2.34. The lowest BCUT2D eigenvalue weighted by Gasteiger charge is -2.30. The van der Waals surface area contributed by atoms with Crippen LogP contribution in [0.15, 0.2) is 58.6 Å². The Kier molecular flexibility index (Phi) is 5.65. The predicted octanol–water partition coefficient (Wildman–Crippen LogP) is 4.02. The summed E-state index contributed by atoms with van der Waals surface area (Å²) in [6, 6.07) is 16.3. The fourth-order valence-electron chi connectivity index (χ4n) is 4.00. The number of hydrogen-bond acceptors (Lipinski definition) is 7. The molecule has 31 heavy (non-hydrogen) atoms. The molecule has 3 aliphatic heterocycles. The minimum atomic E-state index is -0.306. The summed E-state index contributed by atoms with van der Waals surface area (Å²) < 4.78 is 5.41. The number of amides is 1. The molecule has 0 saturated carbocycles. The molecule has 5 rings (SSSR count). The van der Waals surface area contributed by atoms with Crippen molar-refractivity contribution in [1.82, 2.24) is 5.01 Å². The molecule has 2 atom stereocenters. The maximum atomic E-state index is 12.8. The summed E-state index contributed by atoms with van der Waals surface area (Å²) in [5.41, 5.74) is 4.09. The molecule has 0 spiro atoms. The summed E-state index contributed by atoms with van der Waals surface area (Å²) in [7, 11) is 0. The van der Waals surface area contributed by atoms with Crippen LogP contribution in [0.2, 0.25) is 0 Å². The van der Waals surface area contributed by atoms with Gasteiger partial charge in [-0.1, -0.05) is 30.0 Å². The Morgan fingerprint density at radius 3 is 2.74 bits per heavy atom. The first-order chi connectivity index (χ1) is 15.2. The number of nitrogens with one attached hydrogen (secondary N) is 1. The Bertz CT molecular complexity index is 1020. The number of hydrazone groups is 1. The Labute approximate surface area is 186 Å². The van der Waals surface area contributed by atoms with Crippen molar-refractivity contribution in [3.05, 3.63) is 54.1 Å². The Balaban J connectivity index is 1.24. The van der Waals surface area contributed by atoms with E-state index in [1.807, 2.05) is 60.6 Å². The normalized spacial score (nSPS) is 20.7. The molecule has 3 heterocycles. The molecular formula is C23H25N5O2S. The van der Waals surface area contributed by atoms with Gasteiger partial charge in [0, 0.05) is 42.7 Å². The highest BCUT2D eigenvalue weighted by molar-refractivity contribution is 8.14. The number of anilines is 2. The zero-order chi connectivity index (χ0) is 21.2. The Morgan fingerprint density at radius 1 is 1.16 bits per heavy atom. The van der Waals surface area contributed by atoms with E-state index in [4.69, 9.17) is 9.73 Å². The molecule has 0 aliphatic carbocycles. The average molecular weight is 436 g/mol. The van der Waals surface area contributed by atoms with E-state index in [-0.39, 0.29) is 17.2 Å². The number of carbonyl (C=O) groups is 1. The molecular weight excluding hydrogens is 410 g/mol. The monoisotopic (exact) mass is 435 g/mol. The maximum absolute atomic E-state index is 12.8. The summed E-state index contributed by atoms with van der Waals surface area (Å²) in [5, 5.41) is 9.92. The zero-order valence-electron chi connectivity index (χ0n) is 17.4. The van der Waals surface area contributed by atoms with Crippen LogP contribution in [0.5, 0.6) is 0 Å². The smallest absolute Gasteiger partial charge is 0.237 e. The topological polar surface area (TPSA) is 69.5 Å². The third-order valence-corrected chi connectivity index (χ3v) is 6.76. The number of para-hydroxylation sites is 1. The second-order valence-corrected chi connectivity index (χ2v) is 9.05. The van der Waals surface area contributed by atoms with Gasteiger partial charge in [0.25, 0.3) is 0 Å².